The summed E-state index contributed by atoms with van der Waals surface area (Å²) >= 11 is 0. The van der Waals surface area contributed by atoms with E-state index < -0.39 is 0 Å². The first-order chi connectivity index (χ1) is 8.69. The summed E-state index contributed by atoms with van der Waals surface area (Å²) in [4.78, 5) is 13.6. The van der Waals surface area contributed by atoms with Crippen molar-refractivity contribution in [3.05, 3.63) is 0 Å². The highest BCUT2D eigenvalue weighted by Gasteiger charge is 2.40. The molecule has 104 valence electrons. The number of hydrogen-bond acceptors (Lipinski definition) is 3. The number of aliphatic hydroxyl groups excluding tert-OH is 1. The molecule has 2 rings (SSSR count). The summed E-state index contributed by atoms with van der Waals surface area (Å²) in [5.41, 5.74) is -0.0113. The van der Waals surface area contributed by atoms with Crippen LogP contribution in [0.1, 0.15) is 45.4 Å². The second-order valence-corrected chi connectivity index (χ2v) is 5.64. The molecule has 0 bridgehead atoms. The number of hydrogen-bond donors (Lipinski definition) is 1. The van der Waals surface area contributed by atoms with E-state index in [0.717, 1.165) is 51.8 Å². The van der Waals surface area contributed by atoms with E-state index in [2.05, 4.69) is 0 Å². The van der Waals surface area contributed by atoms with E-state index in [-0.39, 0.29) is 18.1 Å². The monoisotopic (exact) mass is 255 g/mol. The summed E-state index contributed by atoms with van der Waals surface area (Å²) in [6.07, 6.45) is 5.53. The second kappa shape index (κ2) is 6.02. The van der Waals surface area contributed by atoms with Crippen LogP contribution in [0.3, 0.4) is 0 Å². The molecule has 2 aliphatic heterocycles. The molecule has 1 amide bonds. The average molecular weight is 255 g/mol. The quantitative estimate of drug-likeness (QED) is 0.832. The number of carbonyl (C=O) groups is 1. The van der Waals surface area contributed by atoms with Crippen molar-refractivity contribution in [2.45, 2.75) is 51.0 Å². The molecule has 18 heavy (non-hydrogen) atoms. The van der Waals surface area contributed by atoms with Crippen molar-refractivity contribution >= 4 is 5.91 Å². The minimum Gasteiger partial charge on any atom is -0.396 e. The minimum absolute atomic E-state index is 0.0113. The molecular weight excluding hydrogens is 230 g/mol. The number of ether oxygens (including phenoxy) is 1. The number of rotatable bonds is 3. The lowest BCUT2D eigenvalue weighted by molar-refractivity contribution is -0.147. The first-order valence-corrected chi connectivity index (χ1v) is 7.22. The summed E-state index contributed by atoms with van der Waals surface area (Å²) in [6.45, 7) is 4.67. The molecule has 4 nitrogen and oxygen atoms in total. The van der Waals surface area contributed by atoms with Crippen LogP contribution in [0.5, 0.6) is 0 Å². The highest BCUT2D eigenvalue weighted by molar-refractivity contribution is 5.75. The normalized spacial score (nSPS) is 27.4. The third-order valence-electron chi connectivity index (χ3n) is 4.46. The van der Waals surface area contributed by atoms with Crippen LogP contribution < -0.4 is 0 Å². The lowest BCUT2D eigenvalue weighted by Crippen LogP contribution is -2.50. The van der Waals surface area contributed by atoms with Crippen LogP contribution in [0.15, 0.2) is 0 Å². The van der Waals surface area contributed by atoms with Gasteiger partial charge in [0, 0.05) is 32.7 Å². The molecule has 4 heteroatoms. The van der Waals surface area contributed by atoms with Gasteiger partial charge in [0.25, 0.3) is 0 Å². The lowest BCUT2D eigenvalue weighted by Gasteiger charge is -2.46. The molecule has 1 unspecified atom stereocenters. The third kappa shape index (κ3) is 3.04. The van der Waals surface area contributed by atoms with Gasteiger partial charge in [-0.3, -0.25) is 4.79 Å². The van der Waals surface area contributed by atoms with Crippen LogP contribution in [0.2, 0.25) is 0 Å². The fourth-order valence-electron chi connectivity index (χ4n) is 3.29. The van der Waals surface area contributed by atoms with Crippen molar-refractivity contribution < 1.29 is 14.6 Å². The maximum absolute atomic E-state index is 11.7. The molecule has 1 spiro atoms. The third-order valence-corrected chi connectivity index (χ3v) is 4.46. The Hall–Kier alpha value is -0.610. The Morgan fingerprint density at radius 1 is 1.44 bits per heavy atom. The lowest BCUT2D eigenvalue weighted by atomic mass is 9.78. The van der Waals surface area contributed by atoms with Crippen LogP contribution in [-0.2, 0) is 9.53 Å². The van der Waals surface area contributed by atoms with Gasteiger partial charge in [0.2, 0.25) is 5.91 Å². The molecular formula is C14H25NO3. The number of nitrogens with zero attached hydrogens (tertiary/aromatic N) is 1. The first kappa shape index (κ1) is 13.8. The Labute approximate surface area is 109 Å². The molecule has 0 aliphatic carbocycles. The van der Waals surface area contributed by atoms with Crippen molar-refractivity contribution in [3.63, 3.8) is 0 Å². The van der Waals surface area contributed by atoms with E-state index >= 15 is 0 Å². The van der Waals surface area contributed by atoms with Crippen molar-refractivity contribution in [1.29, 1.82) is 0 Å². The van der Waals surface area contributed by atoms with Gasteiger partial charge in [-0.15, -0.1) is 0 Å². The Morgan fingerprint density at radius 2 is 2.17 bits per heavy atom. The Morgan fingerprint density at radius 3 is 2.78 bits per heavy atom. The van der Waals surface area contributed by atoms with Crippen LogP contribution in [-0.4, -0.2) is 47.8 Å². The number of amides is 1. The number of likely N-dealkylation sites (tertiary alicyclic amines) is 1. The average Bonchev–Trinajstić information content (AvgIpc) is 2.39. The minimum atomic E-state index is -0.0113. The largest absolute Gasteiger partial charge is 0.396 e. The van der Waals surface area contributed by atoms with Crippen LogP contribution in [0.25, 0.3) is 0 Å². The van der Waals surface area contributed by atoms with Crippen LogP contribution in [0, 0.1) is 5.92 Å². The summed E-state index contributed by atoms with van der Waals surface area (Å²) in [6, 6.07) is 0. The zero-order chi connectivity index (χ0) is 13.0. The molecule has 2 heterocycles. The number of carbonyl (C=O) groups excluding carboxylic acids is 1. The fourth-order valence-corrected chi connectivity index (χ4v) is 3.29. The molecule has 0 aromatic rings. The predicted molar refractivity (Wildman–Crippen MR) is 69.2 cm³/mol. The van der Waals surface area contributed by atoms with Crippen molar-refractivity contribution in [2.75, 3.05) is 26.3 Å². The summed E-state index contributed by atoms with van der Waals surface area (Å²) < 4.78 is 6.03. The predicted octanol–water partition coefficient (Wildman–Crippen LogP) is 1.57. The Bertz CT molecular complexity index is 283. The molecule has 0 aromatic heterocycles. The van der Waals surface area contributed by atoms with Gasteiger partial charge in [-0.2, -0.15) is 0 Å². The topological polar surface area (TPSA) is 49.8 Å². The molecule has 0 saturated carbocycles. The van der Waals surface area contributed by atoms with E-state index in [1.54, 1.807) is 0 Å². The summed E-state index contributed by atoms with van der Waals surface area (Å²) in [5, 5.41) is 9.06. The highest BCUT2D eigenvalue weighted by Crippen LogP contribution is 2.38. The zero-order valence-corrected chi connectivity index (χ0v) is 11.4. The molecule has 0 aromatic carbocycles. The van der Waals surface area contributed by atoms with Crippen LogP contribution in [0.4, 0.5) is 0 Å². The summed E-state index contributed by atoms with van der Waals surface area (Å²) in [5.74, 6) is 0.852. The zero-order valence-electron chi connectivity index (χ0n) is 11.4. The van der Waals surface area contributed by atoms with E-state index in [0.29, 0.717) is 12.3 Å². The number of aliphatic hydroxyl groups is 1. The Kier molecular flexibility index (Phi) is 4.62. The molecule has 2 fully saturated rings. The first-order valence-electron chi connectivity index (χ1n) is 7.22. The molecule has 1 N–H and O–H groups in total. The van der Waals surface area contributed by atoms with Gasteiger partial charge < -0.3 is 14.7 Å². The van der Waals surface area contributed by atoms with Gasteiger partial charge in [-0.25, -0.2) is 0 Å². The molecule has 2 aliphatic rings. The van der Waals surface area contributed by atoms with Gasteiger partial charge in [0.05, 0.1) is 5.60 Å². The van der Waals surface area contributed by atoms with Gasteiger partial charge in [-0.05, 0) is 38.0 Å². The van der Waals surface area contributed by atoms with E-state index in [9.17, 15) is 4.79 Å². The van der Waals surface area contributed by atoms with Crippen molar-refractivity contribution in [2.24, 2.45) is 5.92 Å². The molecule has 1 atom stereocenters. The fraction of sp³-hybridized carbons (Fsp3) is 0.929. The van der Waals surface area contributed by atoms with Gasteiger partial charge in [-0.1, -0.05) is 6.92 Å². The maximum atomic E-state index is 11.7. The van der Waals surface area contributed by atoms with Crippen LogP contribution >= 0.6 is 0 Å². The van der Waals surface area contributed by atoms with Gasteiger partial charge >= 0.3 is 0 Å². The second-order valence-electron chi connectivity index (χ2n) is 5.64. The van der Waals surface area contributed by atoms with Crippen molar-refractivity contribution in [3.8, 4) is 0 Å². The van der Waals surface area contributed by atoms with E-state index in [1.807, 2.05) is 11.8 Å². The smallest absolute Gasteiger partial charge is 0.222 e. The molecule has 2 saturated heterocycles. The van der Waals surface area contributed by atoms with Gasteiger partial charge in [0.15, 0.2) is 0 Å². The summed E-state index contributed by atoms with van der Waals surface area (Å²) in [7, 11) is 0. The highest BCUT2D eigenvalue weighted by atomic mass is 16.5. The number of piperidine rings is 1. The standard InChI is InChI=1S/C14H25NO3/c1-2-13(17)15-7-5-14(6-8-15)11-12(3-9-16)4-10-18-14/h12,16H,2-11H2,1H3. The SMILES string of the molecule is CCC(=O)N1CCC2(CC1)CC(CCO)CCO2. The maximum Gasteiger partial charge on any atom is 0.222 e. The van der Waals surface area contributed by atoms with Gasteiger partial charge in [0.1, 0.15) is 0 Å². The van der Waals surface area contributed by atoms with E-state index in [4.69, 9.17) is 9.84 Å². The van der Waals surface area contributed by atoms with Crippen molar-refractivity contribution in [1.82, 2.24) is 4.90 Å². The van der Waals surface area contributed by atoms with E-state index in [1.165, 1.54) is 0 Å². The Balaban J connectivity index is 1.88. The molecule has 0 radical (unpaired) electrons.